The molecule has 4 heterocycles. The van der Waals surface area contributed by atoms with Gasteiger partial charge in [0, 0.05) is 24.2 Å². The summed E-state index contributed by atoms with van der Waals surface area (Å²) in [5.41, 5.74) is 3.91. The monoisotopic (exact) mass is 367 g/mol. The summed E-state index contributed by atoms with van der Waals surface area (Å²) < 4.78 is 9.63. The first-order valence-corrected chi connectivity index (χ1v) is 8.98. The molecule has 0 N–H and O–H groups in total. The van der Waals surface area contributed by atoms with E-state index in [9.17, 15) is 0 Å². The van der Waals surface area contributed by atoms with Crippen molar-refractivity contribution in [3.8, 4) is 28.6 Å². The Labute approximate surface area is 161 Å². The van der Waals surface area contributed by atoms with Crippen LogP contribution in [0.4, 0.5) is 0 Å². The van der Waals surface area contributed by atoms with Gasteiger partial charge >= 0.3 is 0 Å². The number of benzene rings is 1. The third-order valence-electron chi connectivity index (χ3n) is 4.55. The van der Waals surface area contributed by atoms with E-state index in [1.807, 2.05) is 59.6 Å². The van der Waals surface area contributed by atoms with Gasteiger partial charge in [-0.1, -0.05) is 30.3 Å². The second kappa shape index (κ2) is 7.00. The molecule has 5 aromatic rings. The highest BCUT2D eigenvalue weighted by Crippen LogP contribution is 2.33. The van der Waals surface area contributed by atoms with E-state index in [1.165, 1.54) is 0 Å². The largest absolute Gasteiger partial charge is 0.467 e. The Balaban J connectivity index is 1.70. The minimum Gasteiger partial charge on any atom is -0.467 e. The molecule has 5 rings (SSSR count). The minimum atomic E-state index is 0.586. The Morgan fingerprint density at radius 3 is 2.46 bits per heavy atom. The SMILES string of the molecule is c1ccc(-c2ncn(Cc3ccco3)c2-c2cccn2-c2ncccn2)cc1. The first-order valence-electron chi connectivity index (χ1n) is 8.98. The third-order valence-corrected chi connectivity index (χ3v) is 4.55. The van der Waals surface area contributed by atoms with E-state index in [0.717, 1.165) is 28.4 Å². The van der Waals surface area contributed by atoms with E-state index >= 15 is 0 Å². The van der Waals surface area contributed by atoms with E-state index in [-0.39, 0.29) is 0 Å². The van der Waals surface area contributed by atoms with Crippen LogP contribution in [-0.2, 0) is 6.54 Å². The Kier molecular flexibility index (Phi) is 4.06. The quantitative estimate of drug-likeness (QED) is 0.461. The van der Waals surface area contributed by atoms with Crippen LogP contribution in [0.3, 0.4) is 0 Å². The zero-order valence-electron chi connectivity index (χ0n) is 15.0. The van der Waals surface area contributed by atoms with Crippen LogP contribution < -0.4 is 0 Å². The Morgan fingerprint density at radius 2 is 1.68 bits per heavy atom. The molecule has 1 aromatic carbocycles. The zero-order chi connectivity index (χ0) is 18.8. The summed E-state index contributed by atoms with van der Waals surface area (Å²) in [6.45, 7) is 0.586. The van der Waals surface area contributed by atoms with Crippen molar-refractivity contribution in [3.05, 3.63) is 97.6 Å². The molecule has 0 unspecified atom stereocenters. The number of rotatable bonds is 5. The van der Waals surface area contributed by atoms with Crippen molar-refractivity contribution >= 4 is 0 Å². The van der Waals surface area contributed by atoms with Gasteiger partial charge in [-0.05, 0) is 30.3 Å². The normalized spacial score (nSPS) is 11.0. The molecular formula is C22H17N5O. The van der Waals surface area contributed by atoms with E-state index in [4.69, 9.17) is 9.40 Å². The number of aromatic nitrogens is 5. The van der Waals surface area contributed by atoms with Crippen LogP contribution in [0.2, 0.25) is 0 Å². The fourth-order valence-corrected chi connectivity index (χ4v) is 3.31. The molecule has 0 saturated carbocycles. The van der Waals surface area contributed by atoms with Crippen molar-refractivity contribution in [2.75, 3.05) is 0 Å². The van der Waals surface area contributed by atoms with Crippen molar-refractivity contribution in [2.45, 2.75) is 6.54 Å². The molecule has 6 heteroatoms. The Morgan fingerprint density at radius 1 is 0.821 bits per heavy atom. The van der Waals surface area contributed by atoms with Crippen LogP contribution >= 0.6 is 0 Å². The van der Waals surface area contributed by atoms with Crippen LogP contribution in [-0.4, -0.2) is 24.1 Å². The second-order valence-electron chi connectivity index (χ2n) is 6.33. The standard InChI is InChI=1S/C22H17N5O/c1-2-7-17(8-3-1)20-21(26(16-25-20)15-18-9-5-14-28-18)19-10-4-13-27(19)22-23-11-6-12-24-22/h1-14,16H,15H2. The molecule has 0 amide bonds. The van der Waals surface area contributed by atoms with Crippen LogP contribution in [0.1, 0.15) is 5.76 Å². The van der Waals surface area contributed by atoms with E-state index in [2.05, 4.69) is 32.7 Å². The molecule has 0 atom stereocenters. The summed E-state index contributed by atoms with van der Waals surface area (Å²) in [7, 11) is 0. The lowest BCUT2D eigenvalue weighted by atomic mass is 10.1. The van der Waals surface area contributed by atoms with Crippen LogP contribution in [0, 0.1) is 0 Å². The number of hydrogen-bond acceptors (Lipinski definition) is 4. The molecule has 0 aliphatic rings. The predicted molar refractivity (Wildman–Crippen MR) is 106 cm³/mol. The lowest BCUT2D eigenvalue weighted by molar-refractivity contribution is 0.494. The molecule has 0 bridgehead atoms. The van der Waals surface area contributed by atoms with Gasteiger partial charge < -0.3 is 8.98 Å². The molecule has 0 radical (unpaired) electrons. The predicted octanol–water partition coefficient (Wildman–Crippen LogP) is 4.44. The van der Waals surface area contributed by atoms with Gasteiger partial charge in [-0.25, -0.2) is 15.0 Å². The van der Waals surface area contributed by atoms with Crippen LogP contribution in [0.15, 0.2) is 96.3 Å². The summed E-state index contributed by atoms with van der Waals surface area (Å²) in [4.78, 5) is 13.5. The Hall–Kier alpha value is -3.93. The maximum absolute atomic E-state index is 5.56. The molecule has 28 heavy (non-hydrogen) atoms. The molecular weight excluding hydrogens is 350 g/mol. The summed E-state index contributed by atoms with van der Waals surface area (Å²) in [5.74, 6) is 1.49. The summed E-state index contributed by atoms with van der Waals surface area (Å²) in [5, 5.41) is 0. The lowest BCUT2D eigenvalue weighted by Gasteiger charge is -2.12. The average molecular weight is 367 g/mol. The van der Waals surface area contributed by atoms with Gasteiger partial charge in [0.1, 0.15) is 5.76 Å². The number of hydrogen-bond donors (Lipinski definition) is 0. The van der Waals surface area contributed by atoms with Crippen molar-refractivity contribution < 1.29 is 4.42 Å². The molecule has 0 aliphatic heterocycles. The van der Waals surface area contributed by atoms with Gasteiger partial charge in [0.05, 0.1) is 36.2 Å². The highest BCUT2D eigenvalue weighted by Gasteiger charge is 2.19. The van der Waals surface area contributed by atoms with Crippen LogP contribution in [0.5, 0.6) is 0 Å². The smallest absolute Gasteiger partial charge is 0.234 e. The fourth-order valence-electron chi connectivity index (χ4n) is 3.31. The fraction of sp³-hybridized carbons (Fsp3) is 0.0455. The molecule has 4 aromatic heterocycles. The Bertz CT molecular complexity index is 1170. The van der Waals surface area contributed by atoms with Crippen molar-refractivity contribution in [1.82, 2.24) is 24.1 Å². The molecule has 0 saturated heterocycles. The van der Waals surface area contributed by atoms with Crippen molar-refractivity contribution in [1.29, 1.82) is 0 Å². The molecule has 6 nitrogen and oxygen atoms in total. The van der Waals surface area contributed by atoms with Gasteiger partial charge in [-0.3, -0.25) is 4.57 Å². The number of furan rings is 1. The van der Waals surface area contributed by atoms with Crippen LogP contribution in [0.25, 0.3) is 28.6 Å². The second-order valence-corrected chi connectivity index (χ2v) is 6.33. The topological polar surface area (TPSA) is 61.7 Å². The number of nitrogens with zero attached hydrogens (tertiary/aromatic N) is 5. The maximum Gasteiger partial charge on any atom is 0.234 e. The number of imidazole rings is 1. The van der Waals surface area contributed by atoms with E-state index in [0.29, 0.717) is 12.5 Å². The summed E-state index contributed by atoms with van der Waals surface area (Å²) in [6.07, 6.45) is 8.98. The lowest BCUT2D eigenvalue weighted by Crippen LogP contribution is -2.06. The minimum absolute atomic E-state index is 0.586. The van der Waals surface area contributed by atoms with Gasteiger partial charge in [0.2, 0.25) is 5.95 Å². The van der Waals surface area contributed by atoms with E-state index in [1.54, 1.807) is 18.7 Å². The van der Waals surface area contributed by atoms with Crippen molar-refractivity contribution in [3.63, 3.8) is 0 Å². The first kappa shape index (κ1) is 16.3. The van der Waals surface area contributed by atoms with Gasteiger partial charge in [-0.2, -0.15) is 0 Å². The molecule has 0 aliphatic carbocycles. The van der Waals surface area contributed by atoms with Gasteiger partial charge in [-0.15, -0.1) is 0 Å². The molecule has 136 valence electrons. The van der Waals surface area contributed by atoms with E-state index < -0.39 is 0 Å². The van der Waals surface area contributed by atoms with Gasteiger partial charge in [0.15, 0.2) is 0 Å². The average Bonchev–Trinajstić information content (AvgIpc) is 3.50. The van der Waals surface area contributed by atoms with Crippen molar-refractivity contribution in [2.24, 2.45) is 0 Å². The summed E-state index contributed by atoms with van der Waals surface area (Å²) >= 11 is 0. The molecule has 0 fully saturated rings. The summed E-state index contributed by atoms with van der Waals surface area (Å²) in [6, 6.07) is 19.9. The maximum atomic E-state index is 5.56. The molecule has 0 spiro atoms. The highest BCUT2D eigenvalue weighted by atomic mass is 16.3. The highest BCUT2D eigenvalue weighted by molar-refractivity contribution is 5.77. The first-order chi connectivity index (χ1) is 13.9. The zero-order valence-corrected chi connectivity index (χ0v) is 15.0. The van der Waals surface area contributed by atoms with Gasteiger partial charge in [0.25, 0.3) is 0 Å². The third kappa shape index (κ3) is 2.91.